The molecule has 0 saturated heterocycles. The molecule has 2 amide bonds. The van der Waals surface area contributed by atoms with Crippen molar-refractivity contribution in [3.8, 4) is 5.75 Å². The highest BCUT2D eigenvalue weighted by Crippen LogP contribution is 2.26. The Morgan fingerprint density at radius 3 is 2.22 bits per heavy atom. The number of carbonyl (C=O) groups is 3. The monoisotopic (exact) mass is 472 g/mol. The summed E-state index contributed by atoms with van der Waals surface area (Å²) in [5, 5.41) is 16.6. The largest absolute Gasteiger partial charge is 0.488 e. The number of carbonyl (C=O) groups excluding carboxylic acids is 2. The maximum atomic E-state index is 12.9. The lowest BCUT2D eigenvalue weighted by molar-refractivity contribution is 0.0696. The fraction of sp³-hybridized carbons (Fsp3) is 0.174. The van der Waals surface area contributed by atoms with Gasteiger partial charge in [-0.2, -0.15) is 0 Å². The molecule has 0 spiro atoms. The lowest BCUT2D eigenvalue weighted by Gasteiger charge is -2.21. The van der Waals surface area contributed by atoms with Crippen molar-refractivity contribution in [1.29, 1.82) is 0 Å². The third-order valence-corrected chi connectivity index (χ3v) is 5.46. The van der Waals surface area contributed by atoms with E-state index in [0.29, 0.717) is 11.4 Å². The van der Waals surface area contributed by atoms with E-state index in [0.717, 1.165) is 11.3 Å². The highest BCUT2D eigenvalue weighted by atomic mass is 35.5. The van der Waals surface area contributed by atoms with Gasteiger partial charge in [0.1, 0.15) is 16.2 Å². The summed E-state index contributed by atoms with van der Waals surface area (Å²) in [5.74, 6) is -1.58. The molecule has 3 N–H and O–H groups in total. The van der Waals surface area contributed by atoms with Gasteiger partial charge in [0.2, 0.25) is 0 Å². The van der Waals surface area contributed by atoms with Gasteiger partial charge in [0.05, 0.1) is 21.8 Å². The Morgan fingerprint density at radius 2 is 1.66 bits per heavy atom. The number of thiophene rings is 1. The maximum Gasteiger partial charge on any atom is 0.335 e. The molecule has 0 aliphatic heterocycles. The lowest BCUT2D eigenvalue weighted by Crippen LogP contribution is -2.22. The summed E-state index contributed by atoms with van der Waals surface area (Å²) in [6.45, 7) is 5.80. The van der Waals surface area contributed by atoms with Gasteiger partial charge in [-0.1, -0.05) is 11.6 Å². The zero-order chi connectivity index (χ0) is 23.5. The van der Waals surface area contributed by atoms with Crippen LogP contribution in [0.3, 0.4) is 0 Å². The average Bonchev–Trinajstić information content (AvgIpc) is 3.14. The first-order valence-electron chi connectivity index (χ1n) is 9.55. The lowest BCUT2D eigenvalue weighted by atomic mass is 10.1. The number of hydrogen-bond acceptors (Lipinski definition) is 5. The molecule has 1 aromatic heterocycles. The normalized spacial score (nSPS) is 11.0. The number of aromatic carboxylic acids is 1. The topological polar surface area (TPSA) is 105 Å². The molecular weight excluding hydrogens is 452 g/mol. The Bertz CT molecular complexity index is 1170. The van der Waals surface area contributed by atoms with Crippen LogP contribution in [0.2, 0.25) is 5.02 Å². The van der Waals surface area contributed by atoms with Crippen molar-refractivity contribution in [3.63, 3.8) is 0 Å². The number of nitrogens with one attached hydrogen (secondary N) is 2. The standard InChI is InChI=1S/C23H21ClN2O5S/c1-23(2,3)31-15-7-5-14(6-8-15)25-20(27)16-9-4-13(22(29)30)12-18(16)26-21(28)19-17(24)10-11-32-19/h4-12H,1-3H3,(H,25,27)(H,26,28)(H,29,30). The molecule has 32 heavy (non-hydrogen) atoms. The molecule has 2 aromatic carbocycles. The summed E-state index contributed by atoms with van der Waals surface area (Å²) in [4.78, 5) is 37.1. The molecular formula is C23H21ClN2O5S. The van der Waals surface area contributed by atoms with Gasteiger partial charge in [-0.15, -0.1) is 11.3 Å². The third kappa shape index (κ3) is 5.87. The van der Waals surface area contributed by atoms with Crippen LogP contribution in [0.4, 0.5) is 11.4 Å². The van der Waals surface area contributed by atoms with E-state index in [1.807, 2.05) is 20.8 Å². The molecule has 0 bridgehead atoms. The number of ether oxygens (including phenoxy) is 1. The molecule has 0 saturated carbocycles. The van der Waals surface area contributed by atoms with Gasteiger partial charge in [0, 0.05) is 5.69 Å². The van der Waals surface area contributed by atoms with Crippen molar-refractivity contribution in [1.82, 2.24) is 0 Å². The highest BCUT2D eigenvalue weighted by Gasteiger charge is 2.19. The van der Waals surface area contributed by atoms with E-state index < -0.39 is 17.8 Å². The maximum absolute atomic E-state index is 12.9. The van der Waals surface area contributed by atoms with Gasteiger partial charge in [-0.3, -0.25) is 9.59 Å². The van der Waals surface area contributed by atoms with Gasteiger partial charge in [0.25, 0.3) is 11.8 Å². The zero-order valence-corrected chi connectivity index (χ0v) is 19.1. The van der Waals surface area contributed by atoms with Gasteiger partial charge in [0.15, 0.2) is 0 Å². The van der Waals surface area contributed by atoms with Crippen molar-refractivity contribution in [2.45, 2.75) is 26.4 Å². The molecule has 0 atom stereocenters. The van der Waals surface area contributed by atoms with Crippen LogP contribution in [-0.4, -0.2) is 28.5 Å². The molecule has 0 aliphatic carbocycles. The van der Waals surface area contributed by atoms with E-state index >= 15 is 0 Å². The molecule has 3 aromatic rings. The minimum atomic E-state index is -1.18. The molecule has 3 rings (SSSR count). The Kier molecular flexibility index (Phi) is 6.86. The Balaban J connectivity index is 1.84. The molecule has 1 heterocycles. The van der Waals surface area contributed by atoms with Crippen LogP contribution < -0.4 is 15.4 Å². The molecule has 9 heteroatoms. The summed E-state index contributed by atoms with van der Waals surface area (Å²) < 4.78 is 5.76. The fourth-order valence-electron chi connectivity index (χ4n) is 2.77. The number of amides is 2. The summed E-state index contributed by atoms with van der Waals surface area (Å²) in [7, 11) is 0. The fourth-order valence-corrected chi connectivity index (χ4v) is 3.81. The summed E-state index contributed by atoms with van der Waals surface area (Å²) in [6.07, 6.45) is 0. The van der Waals surface area contributed by atoms with E-state index in [1.165, 1.54) is 18.2 Å². The minimum Gasteiger partial charge on any atom is -0.488 e. The van der Waals surface area contributed by atoms with Crippen LogP contribution in [0.15, 0.2) is 53.9 Å². The predicted octanol–water partition coefficient (Wildman–Crippen LogP) is 5.78. The van der Waals surface area contributed by atoms with Gasteiger partial charge >= 0.3 is 5.97 Å². The molecule has 7 nitrogen and oxygen atoms in total. The Labute approximate surface area is 194 Å². The van der Waals surface area contributed by atoms with E-state index in [9.17, 15) is 19.5 Å². The Morgan fingerprint density at radius 1 is 0.969 bits per heavy atom. The van der Waals surface area contributed by atoms with Crippen LogP contribution in [0, 0.1) is 0 Å². The first kappa shape index (κ1) is 23.3. The van der Waals surface area contributed by atoms with E-state index in [1.54, 1.807) is 35.7 Å². The number of hydrogen-bond donors (Lipinski definition) is 3. The molecule has 0 unspecified atom stereocenters. The van der Waals surface area contributed by atoms with Gasteiger partial charge < -0.3 is 20.5 Å². The molecule has 0 fully saturated rings. The van der Waals surface area contributed by atoms with Gasteiger partial charge in [-0.05, 0) is 74.7 Å². The molecule has 0 aliphatic rings. The van der Waals surface area contributed by atoms with E-state index in [-0.39, 0.29) is 32.3 Å². The first-order valence-corrected chi connectivity index (χ1v) is 10.8. The highest BCUT2D eigenvalue weighted by molar-refractivity contribution is 7.12. The first-order chi connectivity index (χ1) is 15.0. The second kappa shape index (κ2) is 9.42. The van der Waals surface area contributed by atoms with Crippen molar-refractivity contribution in [2.75, 3.05) is 10.6 Å². The summed E-state index contributed by atoms with van der Waals surface area (Å²) in [6, 6.07) is 12.3. The van der Waals surface area contributed by atoms with Crippen LogP contribution in [-0.2, 0) is 0 Å². The smallest absolute Gasteiger partial charge is 0.335 e. The second-order valence-electron chi connectivity index (χ2n) is 7.81. The number of anilines is 2. The average molecular weight is 473 g/mol. The van der Waals surface area contributed by atoms with E-state index in [4.69, 9.17) is 16.3 Å². The summed E-state index contributed by atoms with van der Waals surface area (Å²) >= 11 is 7.15. The quantitative estimate of drug-likeness (QED) is 0.421. The second-order valence-corrected chi connectivity index (χ2v) is 9.13. The zero-order valence-electron chi connectivity index (χ0n) is 17.6. The molecule has 0 radical (unpaired) electrons. The van der Waals surface area contributed by atoms with Crippen molar-refractivity contribution in [2.24, 2.45) is 0 Å². The predicted molar refractivity (Wildman–Crippen MR) is 125 cm³/mol. The van der Waals surface area contributed by atoms with Crippen LogP contribution in [0.25, 0.3) is 0 Å². The van der Waals surface area contributed by atoms with Crippen LogP contribution in [0.1, 0.15) is 51.2 Å². The number of carboxylic acid groups (broad SMARTS) is 1. The van der Waals surface area contributed by atoms with Crippen LogP contribution in [0.5, 0.6) is 5.75 Å². The van der Waals surface area contributed by atoms with Crippen LogP contribution >= 0.6 is 22.9 Å². The number of rotatable bonds is 6. The van der Waals surface area contributed by atoms with Crippen molar-refractivity contribution < 1.29 is 24.2 Å². The minimum absolute atomic E-state index is 0.0598. The third-order valence-electron chi connectivity index (χ3n) is 4.12. The molecule has 166 valence electrons. The van der Waals surface area contributed by atoms with Crippen molar-refractivity contribution >= 4 is 52.1 Å². The SMILES string of the molecule is CC(C)(C)Oc1ccc(NC(=O)c2ccc(C(=O)O)cc2NC(=O)c2sccc2Cl)cc1. The number of benzene rings is 2. The number of carboxylic acids is 1. The summed E-state index contributed by atoms with van der Waals surface area (Å²) in [5.41, 5.74) is 0.250. The van der Waals surface area contributed by atoms with E-state index in [2.05, 4.69) is 10.6 Å². The van der Waals surface area contributed by atoms with Gasteiger partial charge in [-0.25, -0.2) is 4.79 Å². The van der Waals surface area contributed by atoms with Crippen molar-refractivity contribution in [3.05, 3.63) is 74.9 Å². The number of halogens is 1. The Hall–Kier alpha value is -3.36.